The summed E-state index contributed by atoms with van der Waals surface area (Å²) in [6, 6.07) is 0.473. The average Bonchev–Trinajstić information content (AvgIpc) is 2.71. The molecule has 0 saturated heterocycles. The van der Waals surface area contributed by atoms with Gasteiger partial charge in [-0.05, 0) is 33.2 Å². The van der Waals surface area contributed by atoms with Gasteiger partial charge in [0.05, 0.1) is 12.0 Å². The van der Waals surface area contributed by atoms with Gasteiger partial charge in [-0.2, -0.15) is 0 Å². The second-order valence-electron chi connectivity index (χ2n) is 4.22. The van der Waals surface area contributed by atoms with E-state index in [-0.39, 0.29) is 0 Å². The number of terminal acetylenes is 1. The highest BCUT2D eigenvalue weighted by Crippen LogP contribution is 2.08. The molecule has 0 aliphatic carbocycles. The van der Waals surface area contributed by atoms with Crippen molar-refractivity contribution < 1.29 is 0 Å². The second-order valence-corrected chi connectivity index (χ2v) is 4.22. The lowest BCUT2D eigenvalue weighted by atomic mass is 10.2. The van der Waals surface area contributed by atoms with Crippen LogP contribution in [0, 0.1) is 12.3 Å². The van der Waals surface area contributed by atoms with Gasteiger partial charge in [0.15, 0.2) is 0 Å². The zero-order valence-electron chi connectivity index (χ0n) is 10.2. The molecule has 0 fully saturated rings. The largest absolute Gasteiger partial charge is 0.331 e. The number of unbranched alkanes of at least 4 members (excludes halogenated alkanes) is 2. The van der Waals surface area contributed by atoms with Crippen molar-refractivity contribution in [3.63, 3.8) is 0 Å². The van der Waals surface area contributed by atoms with Crippen molar-refractivity contribution in [3.8, 4) is 12.3 Å². The number of hydrogen-bond acceptors (Lipinski definition) is 2. The van der Waals surface area contributed by atoms with Gasteiger partial charge in [0, 0.05) is 25.2 Å². The summed E-state index contributed by atoms with van der Waals surface area (Å²) in [7, 11) is 0. The van der Waals surface area contributed by atoms with E-state index in [0.717, 1.165) is 32.4 Å². The van der Waals surface area contributed by atoms with Crippen LogP contribution < -0.4 is 5.32 Å². The van der Waals surface area contributed by atoms with Gasteiger partial charge in [0.25, 0.3) is 0 Å². The SMILES string of the molecule is C#CCCCCNCc1cncn1C(C)C. The summed E-state index contributed by atoms with van der Waals surface area (Å²) >= 11 is 0. The Hall–Kier alpha value is -1.27. The standard InChI is InChI=1S/C13H21N3/c1-4-5-6-7-8-14-9-13-10-15-11-16(13)12(2)3/h1,10-12,14H,5-9H2,2-3H3. The molecule has 1 heterocycles. The third-order valence-corrected chi connectivity index (χ3v) is 2.53. The molecule has 0 bridgehead atoms. The number of aromatic nitrogens is 2. The maximum absolute atomic E-state index is 5.19. The molecule has 16 heavy (non-hydrogen) atoms. The predicted molar refractivity (Wildman–Crippen MR) is 67.0 cm³/mol. The Morgan fingerprint density at radius 2 is 2.31 bits per heavy atom. The summed E-state index contributed by atoms with van der Waals surface area (Å²) in [6.45, 7) is 6.23. The van der Waals surface area contributed by atoms with Crippen LogP contribution in [-0.2, 0) is 6.54 Å². The molecule has 1 aromatic heterocycles. The molecule has 88 valence electrons. The minimum Gasteiger partial charge on any atom is -0.331 e. The normalized spacial score (nSPS) is 10.6. The highest BCUT2D eigenvalue weighted by Gasteiger charge is 2.03. The summed E-state index contributed by atoms with van der Waals surface area (Å²) in [5, 5.41) is 3.41. The monoisotopic (exact) mass is 219 g/mol. The van der Waals surface area contributed by atoms with E-state index in [1.165, 1.54) is 5.69 Å². The van der Waals surface area contributed by atoms with Crippen LogP contribution in [0.4, 0.5) is 0 Å². The van der Waals surface area contributed by atoms with Gasteiger partial charge in [0.2, 0.25) is 0 Å². The first-order valence-corrected chi connectivity index (χ1v) is 5.90. The molecule has 0 spiro atoms. The molecule has 3 nitrogen and oxygen atoms in total. The first-order chi connectivity index (χ1) is 7.75. The first-order valence-electron chi connectivity index (χ1n) is 5.90. The van der Waals surface area contributed by atoms with Crippen LogP contribution >= 0.6 is 0 Å². The molecule has 0 aromatic carbocycles. The van der Waals surface area contributed by atoms with Gasteiger partial charge >= 0.3 is 0 Å². The molecule has 0 unspecified atom stereocenters. The van der Waals surface area contributed by atoms with E-state index in [1.807, 2.05) is 12.5 Å². The van der Waals surface area contributed by atoms with Crippen LogP contribution in [-0.4, -0.2) is 16.1 Å². The quantitative estimate of drug-likeness (QED) is 0.563. The molecular formula is C13H21N3. The van der Waals surface area contributed by atoms with E-state index >= 15 is 0 Å². The number of rotatable bonds is 7. The molecule has 0 aliphatic heterocycles. The smallest absolute Gasteiger partial charge is 0.0951 e. The Morgan fingerprint density at radius 3 is 3.00 bits per heavy atom. The molecular weight excluding hydrogens is 198 g/mol. The Labute approximate surface area is 98.3 Å². The summed E-state index contributed by atoms with van der Waals surface area (Å²) in [5.41, 5.74) is 1.24. The summed E-state index contributed by atoms with van der Waals surface area (Å²) < 4.78 is 2.19. The topological polar surface area (TPSA) is 29.9 Å². The van der Waals surface area contributed by atoms with E-state index in [9.17, 15) is 0 Å². The van der Waals surface area contributed by atoms with E-state index in [1.54, 1.807) is 0 Å². The fraction of sp³-hybridized carbons (Fsp3) is 0.615. The van der Waals surface area contributed by atoms with Crippen LogP contribution in [0.3, 0.4) is 0 Å². The third-order valence-electron chi connectivity index (χ3n) is 2.53. The van der Waals surface area contributed by atoms with Gasteiger partial charge in [-0.15, -0.1) is 12.3 Å². The maximum atomic E-state index is 5.19. The molecule has 1 rings (SSSR count). The van der Waals surface area contributed by atoms with E-state index < -0.39 is 0 Å². The van der Waals surface area contributed by atoms with Gasteiger partial charge in [-0.25, -0.2) is 4.98 Å². The molecule has 0 saturated carbocycles. The Morgan fingerprint density at radius 1 is 1.50 bits per heavy atom. The molecule has 0 atom stereocenters. The molecule has 0 aliphatic rings. The van der Waals surface area contributed by atoms with Gasteiger partial charge < -0.3 is 9.88 Å². The third kappa shape index (κ3) is 4.08. The zero-order chi connectivity index (χ0) is 11.8. The lowest BCUT2D eigenvalue weighted by Gasteiger charge is -2.12. The van der Waals surface area contributed by atoms with Crippen LogP contribution in [0.15, 0.2) is 12.5 Å². The number of hydrogen-bond donors (Lipinski definition) is 1. The van der Waals surface area contributed by atoms with Crippen molar-refractivity contribution in [1.29, 1.82) is 0 Å². The Kier molecular flexibility index (Phi) is 5.66. The second kappa shape index (κ2) is 7.08. The predicted octanol–water partition coefficient (Wildman–Crippen LogP) is 2.36. The van der Waals surface area contributed by atoms with E-state index in [4.69, 9.17) is 6.42 Å². The first kappa shape index (κ1) is 12.8. The van der Waals surface area contributed by atoms with Crippen molar-refractivity contribution in [2.45, 2.75) is 45.7 Å². The van der Waals surface area contributed by atoms with E-state index in [2.05, 4.69) is 34.6 Å². The fourth-order valence-electron chi connectivity index (χ4n) is 1.63. The average molecular weight is 219 g/mol. The molecule has 1 aromatic rings. The summed E-state index contributed by atoms with van der Waals surface area (Å²) in [4.78, 5) is 4.17. The highest BCUT2D eigenvalue weighted by molar-refractivity contribution is 4.99. The van der Waals surface area contributed by atoms with Crippen LogP contribution in [0.2, 0.25) is 0 Å². The molecule has 0 amide bonds. The number of nitrogens with one attached hydrogen (secondary N) is 1. The zero-order valence-corrected chi connectivity index (χ0v) is 10.2. The Balaban J connectivity index is 2.22. The molecule has 1 N–H and O–H groups in total. The van der Waals surface area contributed by atoms with Crippen LogP contribution in [0.25, 0.3) is 0 Å². The molecule has 3 heteroatoms. The fourth-order valence-corrected chi connectivity index (χ4v) is 1.63. The van der Waals surface area contributed by atoms with Crippen molar-refractivity contribution in [2.75, 3.05) is 6.54 Å². The lowest BCUT2D eigenvalue weighted by molar-refractivity contribution is 0.544. The lowest BCUT2D eigenvalue weighted by Crippen LogP contribution is -2.17. The maximum Gasteiger partial charge on any atom is 0.0951 e. The van der Waals surface area contributed by atoms with Crippen molar-refractivity contribution in [3.05, 3.63) is 18.2 Å². The van der Waals surface area contributed by atoms with Crippen molar-refractivity contribution >= 4 is 0 Å². The highest BCUT2D eigenvalue weighted by atomic mass is 15.1. The van der Waals surface area contributed by atoms with Crippen LogP contribution in [0.1, 0.15) is 44.8 Å². The number of nitrogens with zero attached hydrogens (tertiary/aromatic N) is 2. The molecule has 0 radical (unpaired) electrons. The van der Waals surface area contributed by atoms with Gasteiger partial charge in [-0.3, -0.25) is 0 Å². The van der Waals surface area contributed by atoms with Gasteiger partial charge in [0.1, 0.15) is 0 Å². The van der Waals surface area contributed by atoms with Crippen molar-refractivity contribution in [2.24, 2.45) is 0 Å². The summed E-state index contributed by atoms with van der Waals surface area (Å²) in [5.74, 6) is 2.65. The van der Waals surface area contributed by atoms with E-state index in [0.29, 0.717) is 6.04 Å². The number of imidazole rings is 1. The van der Waals surface area contributed by atoms with Crippen molar-refractivity contribution in [1.82, 2.24) is 14.9 Å². The van der Waals surface area contributed by atoms with Gasteiger partial charge in [-0.1, -0.05) is 0 Å². The minimum absolute atomic E-state index is 0.473. The minimum atomic E-state index is 0.473. The Bertz CT molecular complexity index is 333. The van der Waals surface area contributed by atoms with Crippen LogP contribution in [0.5, 0.6) is 0 Å². The summed E-state index contributed by atoms with van der Waals surface area (Å²) in [6.07, 6.45) is 12.1.